The molecule has 0 aliphatic carbocycles. The van der Waals surface area contributed by atoms with E-state index in [1.165, 1.54) is 0 Å². The molecule has 3 heteroatoms. The molecule has 14 heavy (non-hydrogen) atoms. The van der Waals surface area contributed by atoms with Gasteiger partial charge in [0.1, 0.15) is 10.5 Å². The number of rotatable bonds is 2. The minimum Gasteiger partial charge on any atom is -0.343 e. The normalized spacial score (nSPS) is 12.4. The highest BCUT2D eigenvalue weighted by Gasteiger charge is 1.99. The lowest BCUT2D eigenvalue weighted by Gasteiger charge is -2.02. The first-order chi connectivity index (χ1) is 6.67. The molecule has 0 amide bonds. The van der Waals surface area contributed by atoms with Crippen LogP contribution in [-0.2, 0) is 0 Å². The molecule has 1 rings (SSSR count). The van der Waals surface area contributed by atoms with Crippen LogP contribution in [0, 0.1) is 11.6 Å². The molecule has 0 bridgehead atoms. The van der Waals surface area contributed by atoms with Crippen molar-refractivity contribution in [1.82, 2.24) is 9.97 Å². The maximum absolute atomic E-state index is 5.06. The minimum atomic E-state index is 0.625. The summed E-state index contributed by atoms with van der Waals surface area (Å²) in [4.78, 5) is 7.45. The van der Waals surface area contributed by atoms with Crippen molar-refractivity contribution in [3.8, 4) is 0 Å². The van der Waals surface area contributed by atoms with Crippen molar-refractivity contribution < 1.29 is 0 Å². The van der Waals surface area contributed by atoms with E-state index < -0.39 is 0 Å². The Bertz CT molecular complexity index is 427. The first-order valence-electron chi connectivity index (χ1n) is 4.54. The highest BCUT2D eigenvalue weighted by Crippen LogP contribution is 2.11. The number of nitrogens with zero attached hydrogens (tertiary/aromatic N) is 1. The molecule has 0 atom stereocenters. The van der Waals surface area contributed by atoms with Gasteiger partial charge >= 0.3 is 0 Å². The van der Waals surface area contributed by atoms with Crippen LogP contribution in [-0.4, -0.2) is 9.97 Å². The van der Waals surface area contributed by atoms with E-state index in [1.807, 2.05) is 45.1 Å². The fourth-order valence-electron chi connectivity index (χ4n) is 1.21. The highest BCUT2D eigenvalue weighted by atomic mass is 32.1. The van der Waals surface area contributed by atoms with Crippen LogP contribution in [0.2, 0.25) is 0 Å². The molecule has 2 nitrogen and oxygen atoms in total. The summed E-state index contributed by atoms with van der Waals surface area (Å²) in [6, 6.07) is 1.85. The molecule has 0 aliphatic heterocycles. The second-order valence-corrected chi connectivity index (χ2v) is 3.41. The molecule has 0 spiro atoms. The van der Waals surface area contributed by atoms with Gasteiger partial charge in [-0.05, 0) is 26.8 Å². The van der Waals surface area contributed by atoms with Crippen LogP contribution < -0.4 is 0 Å². The van der Waals surface area contributed by atoms with E-state index in [1.54, 1.807) is 0 Å². The van der Waals surface area contributed by atoms with Gasteiger partial charge in [0.2, 0.25) is 0 Å². The summed E-state index contributed by atoms with van der Waals surface area (Å²) >= 11 is 5.06. The summed E-state index contributed by atoms with van der Waals surface area (Å²) in [6.07, 6.45) is 6.00. The van der Waals surface area contributed by atoms with E-state index in [9.17, 15) is 0 Å². The van der Waals surface area contributed by atoms with E-state index >= 15 is 0 Å². The molecule has 1 aromatic heterocycles. The van der Waals surface area contributed by atoms with Crippen molar-refractivity contribution in [2.24, 2.45) is 0 Å². The molecule has 0 unspecified atom stereocenters. The predicted octanol–water partition coefficient (Wildman–Crippen LogP) is 3.43. The molecule has 0 saturated heterocycles. The Morgan fingerprint density at radius 2 is 2.21 bits per heavy atom. The third kappa shape index (κ3) is 2.64. The maximum atomic E-state index is 5.06. The van der Waals surface area contributed by atoms with Crippen LogP contribution >= 0.6 is 12.2 Å². The average molecular weight is 206 g/mol. The summed E-state index contributed by atoms with van der Waals surface area (Å²) in [5.74, 6) is 0.829. The molecule has 0 aliphatic rings. The molecular weight excluding hydrogens is 192 g/mol. The van der Waals surface area contributed by atoms with Gasteiger partial charge in [-0.1, -0.05) is 30.4 Å². The van der Waals surface area contributed by atoms with Gasteiger partial charge in [-0.15, -0.1) is 0 Å². The monoisotopic (exact) mass is 206 g/mol. The van der Waals surface area contributed by atoms with Gasteiger partial charge < -0.3 is 4.98 Å². The van der Waals surface area contributed by atoms with E-state index in [4.69, 9.17) is 12.2 Å². The summed E-state index contributed by atoms with van der Waals surface area (Å²) < 4.78 is 0.625. The van der Waals surface area contributed by atoms with Crippen LogP contribution in [0.15, 0.2) is 24.3 Å². The number of hydrogen-bond donors (Lipinski definition) is 1. The van der Waals surface area contributed by atoms with Crippen LogP contribution in [0.1, 0.15) is 25.4 Å². The van der Waals surface area contributed by atoms with E-state index in [-0.39, 0.29) is 0 Å². The van der Waals surface area contributed by atoms with Crippen LogP contribution in [0.4, 0.5) is 0 Å². The van der Waals surface area contributed by atoms with E-state index in [2.05, 4.69) is 9.97 Å². The van der Waals surface area contributed by atoms with Crippen molar-refractivity contribution in [2.45, 2.75) is 20.8 Å². The zero-order chi connectivity index (χ0) is 10.6. The second-order valence-electron chi connectivity index (χ2n) is 3.00. The summed E-state index contributed by atoms with van der Waals surface area (Å²) in [5, 5.41) is 0. The van der Waals surface area contributed by atoms with Gasteiger partial charge in [0.05, 0.1) is 0 Å². The molecule has 1 heterocycles. The SMILES string of the molecule is C/C=C\C(=C/C)c1nc(=S)cc(C)[nH]1. The van der Waals surface area contributed by atoms with Gasteiger partial charge in [0, 0.05) is 11.3 Å². The smallest absolute Gasteiger partial charge is 0.138 e. The second kappa shape index (κ2) is 4.86. The van der Waals surface area contributed by atoms with Gasteiger partial charge in [-0.25, -0.2) is 4.98 Å². The van der Waals surface area contributed by atoms with E-state index in [0.29, 0.717) is 4.64 Å². The Morgan fingerprint density at radius 3 is 2.71 bits per heavy atom. The number of nitrogens with one attached hydrogen (secondary N) is 1. The minimum absolute atomic E-state index is 0.625. The first kappa shape index (κ1) is 10.9. The van der Waals surface area contributed by atoms with Gasteiger partial charge in [0.25, 0.3) is 0 Å². The lowest BCUT2D eigenvalue weighted by atomic mass is 10.2. The number of allylic oxidation sites excluding steroid dienone is 4. The highest BCUT2D eigenvalue weighted by molar-refractivity contribution is 7.71. The number of aromatic amines is 1. The fourth-order valence-corrected chi connectivity index (χ4v) is 1.47. The molecule has 0 saturated carbocycles. The Balaban J connectivity index is 3.24. The van der Waals surface area contributed by atoms with Crippen molar-refractivity contribution in [3.63, 3.8) is 0 Å². The van der Waals surface area contributed by atoms with Crippen molar-refractivity contribution >= 4 is 17.8 Å². The lowest BCUT2D eigenvalue weighted by Crippen LogP contribution is -1.94. The van der Waals surface area contributed by atoms with Crippen LogP contribution in [0.25, 0.3) is 5.57 Å². The molecule has 1 N–H and O–H groups in total. The van der Waals surface area contributed by atoms with E-state index in [0.717, 1.165) is 17.1 Å². The first-order valence-corrected chi connectivity index (χ1v) is 4.95. The zero-order valence-electron chi connectivity index (χ0n) is 8.66. The van der Waals surface area contributed by atoms with Crippen LogP contribution in [0.3, 0.4) is 0 Å². The van der Waals surface area contributed by atoms with Gasteiger partial charge in [-0.3, -0.25) is 0 Å². The quantitative estimate of drug-likeness (QED) is 0.593. The van der Waals surface area contributed by atoms with Crippen LogP contribution in [0.5, 0.6) is 0 Å². The van der Waals surface area contributed by atoms with Crippen molar-refractivity contribution in [1.29, 1.82) is 0 Å². The predicted molar refractivity (Wildman–Crippen MR) is 62.6 cm³/mol. The topological polar surface area (TPSA) is 28.7 Å². The van der Waals surface area contributed by atoms with Gasteiger partial charge in [-0.2, -0.15) is 0 Å². The Hall–Kier alpha value is -1.22. The number of aromatic nitrogens is 2. The standard InChI is InChI=1S/C11H14N2S/c1-4-6-9(5-2)11-12-8(3)7-10(14)13-11/h4-7H,1-3H3,(H,12,13,14)/b6-4-,9-5+. The zero-order valence-corrected chi connectivity index (χ0v) is 9.48. The number of H-pyrrole nitrogens is 1. The fraction of sp³-hybridized carbons (Fsp3) is 0.273. The molecule has 0 aromatic carbocycles. The van der Waals surface area contributed by atoms with Crippen molar-refractivity contribution in [3.05, 3.63) is 40.5 Å². The molecule has 1 aromatic rings. The number of hydrogen-bond acceptors (Lipinski definition) is 2. The maximum Gasteiger partial charge on any atom is 0.138 e. The lowest BCUT2D eigenvalue weighted by molar-refractivity contribution is 1.05. The Morgan fingerprint density at radius 1 is 1.50 bits per heavy atom. The summed E-state index contributed by atoms with van der Waals surface area (Å²) in [7, 11) is 0. The number of aryl methyl sites for hydroxylation is 1. The molecule has 74 valence electrons. The Labute approximate surface area is 89.4 Å². The third-order valence-electron chi connectivity index (χ3n) is 1.81. The molecule has 0 radical (unpaired) electrons. The summed E-state index contributed by atoms with van der Waals surface area (Å²) in [5.41, 5.74) is 2.09. The van der Waals surface area contributed by atoms with Gasteiger partial charge in [0.15, 0.2) is 0 Å². The van der Waals surface area contributed by atoms with Crippen molar-refractivity contribution in [2.75, 3.05) is 0 Å². The molecular formula is C11H14N2S. The Kier molecular flexibility index (Phi) is 3.77. The largest absolute Gasteiger partial charge is 0.343 e. The molecule has 0 fully saturated rings. The average Bonchev–Trinajstić information content (AvgIpc) is 2.12. The third-order valence-corrected chi connectivity index (χ3v) is 2.02. The summed E-state index contributed by atoms with van der Waals surface area (Å²) in [6.45, 7) is 5.94.